The molecule has 1 fully saturated rings. The number of Topliss-reactive ketones (excluding diaryl/α,β-unsaturated/α-hetero) is 2. The molecule has 0 aromatic heterocycles. The second kappa shape index (κ2) is 14.8. The first-order valence-electron chi connectivity index (χ1n) is 14.2. The van der Waals surface area contributed by atoms with E-state index < -0.39 is 23.6 Å². The Balaban J connectivity index is 1.55. The first kappa shape index (κ1) is 31.1. The number of benzene rings is 2. The van der Waals surface area contributed by atoms with E-state index >= 15 is 0 Å². The molecule has 7 heteroatoms. The summed E-state index contributed by atoms with van der Waals surface area (Å²) in [5.41, 5.74) is 0.0611. The summed E-state index contributed by atoms with van der Waals surface area (Å²) in [6.07, 6.45) is 5.24. The lowest BCUT2D eigenvalue weighted by atomic mass is 9.84. The quantitative estimate of drug-likeness (QED) is 0.150. The van der Waals surface area contributed by atoms with E-state index in [-0.39, 0.29) is 54.0 Å². The number of aliphatic hydroxyl groups is 2. The molecule has 1 aliphatic rings. The van der Waals surface area contributed by atoms with Crippen molar-refractivity contribution in [3.63, 3.8) is 0 Å². The van der Waals surface area contributed by atoms with Crippen molar-refractivity contribution in [1.29, 1.82) is 0 Å². The predicted molar refractivity (Wildman–Crippen MR) is 156 cm³/mol. The molecule has 5 atom stereocenters. The summed E-state index contributed by atoms with van der Waals surface area (Å²) >= 11 is 4.71. The average Bonchev–Trinajstić information content (AvgIpc) is 3.28. The minimum Gasteiger partial charge on any atom is -0.479 e. The van der Waals surface area contributed by atoms with Crippen molar-refractivity contribution in [3.8, 4) is 11.1 Å². The van der Waals surface area contributed by atoms with Gasteiger partial charge in [0.05, 0.1) is 6.10 Å². The molecule has 3 unspecified atom stereocenters. The molecule has 3 rings (SSSR count). The zero-order valence-electron chi connectivity index (χ0n) is 22.8. The van der Waals surface area contributed by atoms with Gasteiger partial charge in [0.1, 0.15) is 11.6 Å². The first-order chi connectivity index (χ1) is 18.7. The molecule has 0 aliphatic heterocycles. The van der Waals surface area contributed by atoms with Crippen LogP contribution in [0.4, 0.5) is 0 Å². The van der Waals surface area contributed by atoms with Crippen molar-refractivity contribution in [2.75, 3.05) is 0 Å². The van der Waals surface area contributed by atoms with Crippen LogP contribution in [0.5, 0.6) is 0 Å². The highest BCUT2D eigenvalue weighted by Gasteiger charge is 2.40. The van der Waals surface area contributed by atoms with Crippen LogP contribution < -0.4 is 0 Å². The monoisotopic (exact) mass is 554 g/mol. The molecule has 0 radical (unpaired) electrons. The van der Waals surface area contributed by atoms with Crippen LogP contribution in [0.15, 0.2) is 54.6 Å². The van der Waals surface area contributed by atoms with Gasteiger partial charge in [-0.15, -0.1) is 0 Å². The molecule has 212 valence electrons. The van der Waals surface area contributed by atoms with Crippen LogP contribution in [-0.4, -0.2) is 44.2 Å². The molecule has 0 amide bonds. The van der Waals surface area contributed by atoms with Gasteiger partial charge in [-0.3, -0.25) is 9.59 Å². The van der Waals surface area contributed by atoms with Gasteiger partial charge in [0, 0.05) is 30.4 Å². The van der Waals surface area contributed by atoms with Gasteiger partial charge in [-0.05, 0) is 54.7 Å². The van der Waals surface area contributed by atoms with Crippen LogP contribution in [0, 0.1) is 11.8 Å². The van der Waals surface area contributed by atoms with Crippen LogP contribution >= 0.6 is 12.6 Å². The molecule has 1 saturated carbocycles. The molecule has 6 nitrogen and oxygen atoms in total. The van der Waals surface area contributed by atoms with Crippen LogP contribution in [-0.2, 0) is 20.0 Å². The van der Waals surface area contributed by atoms with Gasteiger partial charge in [-0.25, -0.2) is 4.79 Å². The fraction of sp³-hybridized carbons (Fsp3) is 0.531. The Hall–Kier alpha value is -2.48. The van der Waals surface area contributed by atoms with Gasteiger partial charge in [0.25, 0.3) is 0 Å². The molecule has 39 heavy (non-hydrogen) atoms. The number of aliphatic hydroxyl groups excluding tert-OH is 1. The number of carbonyl (C=O) groups excluding carboxylic acids is 2. The standard InChI is InChI=1S/C32H42O6S/c1-2-3-5-11-26(34)21-30(39)27-17-18-29(35)28(27)20-25(33)12-8-19-32(38,31(36)37)24-15-13-23(14-16-24)22-9-6-4-7-10-22/h4,6-7,9-10,13-16,26-28,30,34,38-39H,2-3,5,8,11-12,17-21H2,1H3,(H,36,37)/t26?,27-,28+,30?,32?/m0/s1. The molecular formula is C32H42O6S. The van der Waals surface area contributed by atoms with Crippen LogP contribution in [0.3, 0.4) is 0 Å². The summed E-state index contributed by atoms with van der Waals surface area (Å²) < 4.78 is 0. The number of unbranched alkanes of at least 4 members (excludes halogenated alkanes) is 2. The molecule has 0 heterocycles. The molecule has 3 N–H and O–H groups in total. The summed E-state index contributed by atoms with van der Waals surface area (Å²) in [4.78, 5) is 37.5. The van der Waals surface area contributed by atoms with Crippen LogP contribution in [0.1, 0.15) is 83.1 Å². The van der Waals surface area contributed by atoms with E-state index in [9.17, 15) is 29.7 Å². The number of aliphatic carboxylic acids is 1. The van der Waals surface area contributed by atoms with Crippen LogP contribution in [0.25, 0.3) is 11.1 Å². The van der Waals surface area contributed by atoms with Gasteiger partial charge in [0.15, 0.2) is 5.60 Å². The Morgan fingerprint density at radius 2 is 1.69 bits per heavy atom. The van der Waals surface area contributed by atoms with E-state index in [1.54, 1.807) is 24.3 Å². The van der Waals surface area contributed by atoms with Gasteiger partial charge in [-0.2, -0.15) is 12.6 Å². The van der Waals surface area contributed by atoms with E-state index in [0.29, 0.717) is 19.3 Å². The van der Waals surface area contributed by atoms with Crippen molar-refractivity contribution in [3.05, 3.63) is 60.2 Å². The van der Waals surface area contributed by atoms with Crippen molar-refractivity contribution < 1.29 is 29.7 Å². The summed E-state index contributed by atoms with van der Waals surface area (Å²) in [6.45, 7) is 2.12. The van der Waals surface area contributed by atoms with E-state index in [1.165, 1.54) is 0 Å². The fourth-order valence-electron chi connectivity index (χ4n) is 5.69. The molecule has 1 aliphatic carbocycles. The maximum atomic E-state index is 12.8. The Kier molecular flexibility index (Phi) is 11.8. The number of ketones is 2. The van der Waals surface area contributed by atoms with Crippen molar-refractivity contribution in [2.24, 2.45) is 11.8 Å². The molecule has 0 saturated heterocycles. The number of hydrogen-bond acceptors (Lipinski definition) is 6. The molecule has 2 aromatic carbocycles. The third kappa shape index (κ3) is 8.50. The van der Waals surface area contributed by atoms with Crippen LogP contribution in [0.2, 0.25) is 0 Å². The normalized spacial score (nSPS) is 20.4. The molecular weight excluding hydrogens is 512 g/mol. The smallest absolute Gasteiger partial charge is 0.340 e. The molecule has 0 spiro atoms. The third-order valence-electron chi connectivity index (χ3n) is 8.07. The minimum atomic E-state index is -2.11. The number of carboxylic acids is 1. The Morgan fingerprint density at radius 1 is 1.03 bits per heavy atom. The maximum absolute atomic E-state index is 12.8. The molecule has 0 bridgehead atoms. The predicted octanol–water partition coefficient (Wildman–Crippen LogP) is 5.98. The average molecular weight is 555 g/mol. The molecule has 2 aromatic rings. The number of hydrogen-bond donors (Lipinski definition) is 4. The Morgan fingerprint density at radius 3 is 2.33 bits per heavy atom. The summed E-state index contributed by atoms with van der Waals surface area (Å²) in [7, 11) is 0. The fourth-order valence-corrected chi connectivity index (χ4v) is 6.29. The minimum absolute atomic E-state index is 0.0512. The second-order valence-electron chi connectivity index (χ2n) is 10.9. The second-order valence-corrected chi connectivity index (χ2v) is 11.6. The van der Waals surface area contributed by atoms with Gasteiger partial charge in [-0.1, -0.05) is 80.8 Å². The van der Waals surface area contributed by atoms with Gasteiger partial charge in [0.2, 0.25) is 0 Å². The lowest BCUT2D eigenvalue weighted by molar-refractivity contribution is -0.160. The topological polar surface area (TPSA) is 112 Å². The highest BCUT2D eigenvalue weighted by Crippen LogP contribution is 2.38. The number of carbonyl (C=O) groups is 3. The highest BCUT2D eigenvalue weighted by atomic mass is 32.1. The van der Waals surface area contributed by atoms with E-state index in [2.05, 4.69) is 6.92 Å². The number of thiol groups is 1. The summed E-state index contributed by atoms with van der Waals surface area (Å²) in [5.74, 6) is -1.87. The highest BCUT2D eigenvalue weighted by molar-refractivity contribution is 7.81. The summed E-state index contributed by atoms with van der Waals surface area (Å²) in [6, 6.07) is 16.5. The maximum Gasteiger partial charge on any atom is 0.340 e. The zero-order chi connectivity index (χ0) is 28.4. The Bertz CT molecular complexity index is 1090. The first-order valence-corrected chi connectivity index (χ1v) is 14.7. The van der Waals surface area contributed by atoms with Gasteiger partial charge < -0.3 is 15.3 Å². The third-order valence-corrected chi connectivity index (χ3v) is 8.66. The van der Waals surface area contributed by atoms with Gasteiger partial charge >= 0.3 is 5.97 Å². The lowest BCUT2D eigenvalue weighted by Crippen LogP contribution is -2.35. The Labute approximate surface area is 237 Å². The van der Waals surface area contributed by atoms with E-state index in [1.807, 2.05) is 30.3 Å². The SMILES string of the molecule is CCCCCC(O)CC(S)[C@H]1CCC(=O)[C@@H]1CC(=O)CCCC(O)(C(=O)O)c1ccc(-c2ccccc2)cc1. The van der Waals surface area contributed by atoms with Crippen molar-refractivity contribution >= 4 is 30.2 Å². The number of rotatable bonds is 16. The largest absolute Gasteiger partial charge is 0.479 e. The number of carboxylic acid groups (broad SMARTS) is 1. The zero-order valence-corrected chi connectivity index (χ0v) is 23.7. The van der Waals surface area contributed by atoms with Crippen molar-refractivity contribution in [1.82, 2.24) is 0 Å². The lowest BCUT2D eigenvalue weighted by Gasteiger charge is -2.26. The van der Waals surface area contributed by atoms with E-state index in [0.717, 1.165) is 36.8 Å². The summed E-state index contributed by atoms with van der Waals surface area (Å²) in [5, 5.41) is 31.1. The van der Waals surface area contributed by atoms with Crippen molar-refractivity contribution in [2.45, 2.75) is 94.5 Å². The van der Waals surface area contributed by atoms with E-state index in [4.69, 9.17) is 12.6 Å².